The number of carbonyl (C=O) groups is 1. The van der Waals surface area contributed by atoms with Crippen molar-refractivity contribution in [3.63, 3.8) is 0 Å². The molecule has 6 nitrogen and oxygen atoms in total. The third-order valence-electron chi connectivity index (χ3n) is 3.87. The standard InChI is InChI=1S/C16H16FN5O/c1-10-8-9-18-16-19-14(20-22(10)16)15(23)21(3)11(2)12-4-6-13(17)7-5-12/h4-9,11H,1-3H3/t11-/m0/s1. The van der Waals surface area contributed by atoms with Gasteiger partial charge in [-0.3, -0.25) is 4.79 Å². The first-order valence-electron chi connectivity index (χ1n) is 7.18. The van der Waals surface area contributed by atoms with Crippen LogP contribution in [-0.2, 0) is 0 Å². The SMILES string of the molecule is Cc1ccnc2nc(C(=O)N(C)[C@@H](C)c3ccc(F)cc3)nn12. The molecule has 0 radical (unpaired) electrons. The Kier molecular flexibility index (Phi) is 3.77. The van der Waals surface area contributed by atoms with Crippen LogP contribution in [0.25, 0.3) is 5.78 Å². The van der Waals surface area contributed by atoms with E-state index in [0.717, 1.165) is 11.3 Å². The van der Waals surface area contributed by atoms with E-state index in [1.807, 2.05) is 13.8 Å². The molecule has 0 aliphatic carbocycles. The van der Waals surface area contributed by atoms with Crippen LogP contribution in [0.3, 0.4) is 0 Å². The van der Waals surface area contributed by atoms with Crippen LogP contribution >= 0.6 is 0 Å². The summed E-state index contributed by atoms with van der Waals surface area (Å²) in [5.74, 6) is -0.148. The number of nitrogens with zero attached hydrogens (tertiary/aromatic N) is 5. The molecule has 0 fully saturated rings. The Morgan fingerprint density at radius 3 is 2.61 bits per heavy atom. The highest BCUT2D eigenvalue weighted by molar-refractivity contribution is 5.91. The first-order chi connectivity index (χ1) is 11.0. The van der Waals surface area contributed by atoms with Crippen LogP contribution in [0.15, 0.2) is 36.5 Å². The van der Waals surface area contributed by atoms with Crippen LogP contribution in [-0.4, -0.2) is 37.4 Å². The fourth-order valence-electron chi connectivity index (χ4n) is 2.30. The van der Waals surface area contributed by atoms with Gasteiger partial charge in [0.05, 0.1) is 6.04 Å². The number of fused-ring (bicyclic) bond motifs is 1. The van der Waals surface area contributed by atoms with Gasteiger partial charge < -0.3 is 4.90 Å². The molecule has 0 aliphatic heterocycles. The van der Waals surface area contributed by atoms with E-state index in [4.69, 9.17) is 0 Å². The lowest BCUT2D eigenvalue weighted by atomic mass is 10.1. The molecule has 118 valence electrons. The minimum Gasteiger partial charge on any atom is -0.332 e. The van der Waals surface area contributed by atoms with Gasteiger partial charge in [0, 0.05) is 18.9 Å². The van der Waals surface area contributed by atoms with Crippen molar-refractivity contribution in [1.82, 2.24) is 24.5 Å². The van der Waals surface area contributed by atoms with E-state index in [9.17, 15) is 9.18 Å². The average molecular weight is 313 g/mol. The van der Waals surface area contributed by atoms with E-state index in [1.54, 1.807) is 31.4 Å². The Labute approximate surface area is 132 Å². The number of hydrogen-bond acceptors (Lipinski definition) is 4. The predicted molar refractivity (Wildman–Crippen MR) is 82.4 cm³/mol. The van der Waals surface area contributed by atoms with Crippen LogP contribution in [0, 0.1) is 12.7 Å². The molecule has 2 heterocycles. The maximum Gasteiger partial charge on any atom is 0.293 e. The van der Waals surface area contributed by atoms with Crippen molar-refractivity contribution in [2.24, 2.45) is 0 Å². The molecule has 1 amide bonds. The van der Waals surface area contributed by atoms with Gasteiger partial charge in [0.1, 0.15) is 5.82 Å². The summed E-state index contributed by atoms with van der Waals surface area (Å²) in [6.07, 6.45) is 1.62. The van der Waals surface area contributed by atoms with Gasteiger partial charge >= 0.3 is 0 Å². The maximum absolute atomic E-state index is 13.0. The number of aromatic nitrogens is 4. The highest BCUT2D eigenvalue weighted by atomic mass is 19.1. The Balaban J connectivity index is 1.88. The smallest absolute Gasteiger partial charge is 0.293 e. The summed E-state index contributed by atoms with van der Waals surface area (Å²) in [7, 11) is 1.67. The fourth-order valence-corrected chi connectivity index (χ4v) is 2.30. The Morgan fingerprint density at radius 1 is 1.26 bits per heavy atom. The molecule has 7 heteroatoms. The second-order valence-electron chi connectivity index (χ2n) is 5.38. The zero-order chi connectivity index (χ0) is 16.6. The van der Waals surface area contributed by atoms with Crippen molar-refractivity contribution in [1.29, 1.82) is 0 Å². The van der Waals surface area contributed by atoms with E-state index in [0.29, 0.717) is 5.78 Å². The maximum atomic E-state index is 13.0. The van der Waals surface area contributed by atoms with E-state index < -0.39 is 0 Å². The summed E-state index contributed by atoms with van der Waals surface area (Å²) in [6.45, 7) is 3.73. The zero-order valence-corrected chi connectivity index (χ0v) is 13.1. The van der Waals surface area contributed by atoms with Gasteiger partial charge in [-0.1, -0.05) is 12.1 Å². The van der Waals surface area contributed by atoms with Crippen molar-refractivity contribution in [2.45, 2.75) is 19.9 Å². The Bertz CT molecular complexity index is 859. The van der Waals surface area contributed by atoms with Crippen molar-refractivity contribution < 1.29 is 9.18 Å². The van der Waals surface area contributed by atoms with Crippen molar-refractivity contribution >= 4 is 11.7 Å². The summed E-state index contributed by atoms with van der Waals surface area (Å²) in [5.41, 5.74) is 1.68. The number of rotatable bonds is 3. The third-order valence-corrected chi connectivity index (χ3v) is 3.87. The molecule has 0 aliphatic rings. The molecular formula is C16H16FN5O. The summed E-state index contributed by atoms with van der Waals surface area (Å²) in [5, 5.41) is 4.22. The van der Waals surface area contributed by atoms with Gasteiger partial charge in [-0.2, -0.15) is 4.98 Å². The van der Waals surface area contributed by atoms with Gasteiger partial charge in [-0.25, -0.2) is 13.9 Å². The number of carbonyl (C=O) groups excluding carboxylic acids is 1. The van der Waals surface area contributed by atoms with Crippen LogP contribution in [0.2, 0.25) is 0 Å². The number of aryl methyl sites for hydroxylation is 1. The third kappa shape index (κ3) is 2.77. The monoisotopic (exact) mass is 313 g/mol. The normalized spacial score (nSPS) is 12.3. The molecule has 0 saturated heterocycles. The fraction of sp³-hybridized carbons (Fsp3) is 0.250. The van der Waals surface area contributed by atoms with Crippen LogP contribution in [0.5, 0.6) is 0 Å². The Morgan fingerprint density at radius 2 is 1.96 bits per heavy atom. The van der Waals surface area contributed by atoms with Crippen LogP contribution in [0.4, 0.5) is 4.39 Å². The number of amides is 1. The zero-order valence-electron chi connectivity index (χ0n) is 13.1. The van der Waals surface area contributed by atoms with E-state index in [-0.39, 0.29) is 23.6 Å². The van der Waals surface area contributed by atoms with E-state index in [2.05, 4.69) is 15.1 Å². The Hall–Kier alpha value is -2.83. The highest BCUT2D eigenvalue weighted by Crippen LogP contribution is 2.20. The van der Waals surface area contributed by atoms with Crippen molar-refractivity contribution in [2.75, 3.05) is 7.05 Å². The minimum atomic E-state index is -0.313. The van der Waals surface area contributed by atoms with Crippen molar-refractivity contribution in [3.8, 4) is 0 Å². The number of hydrogen-bond donors (Lipinski definition) is 0. The molecule has 2 aromatic heterocycles. The average Bonchev–Trinajstić information content (AvgIpc) is 2.99. The molecule has 0 N–H and O–H groups in total. The first kappa shape index (κ1) is 15.1. The summed E-state index contributed by atoms with van der Waals surface area (Å²) >= 11 is 0. The topological polar surface area (TPSA) is 63.4 Å². The largest absolute Gasteiger partial charge is 0.332 e. The molecule has 3 rings (SSSR count). The van der Waals surface area contributed by atoms with E-state index >= 15 is 0 Å². The summed E-state index contributed by atoms with van der Waals surface area (Å²) in [4.78, 5) is 22.4. The molecule has 1 aromatic carbocycles. The lowest BCUT2D eigenvalue weighted by Gasteiger charge is -2.24. The summed E-state index contributed by atoms with van der Waals surface area (Å²) in [6, 6.07) is 7.63. The second-order valence-corrected chi connectivity index (χ2v) is 5.38. The number of benzene rings is 1. The van der Waals surface area contributed by atoms with Gasteiger partial charge in [-0.15, -0.1) is 5.10 Å². The quantitative estimate of drug-likeness (QED) is 0.745. The van der Waals surface area contributed by atoms with Gasteiger partial charge in [0.15, 0.2) is 0 Å². The molecule has 3 aromatic rings. The summed E-state index contributed by atoms with van der Waals surface area (Å²) < 4.78 is 14.6. The highest BCUT2D eigenvalue weighted by Gasteiger charge is 2.23. The second kappa shape index (κ2) is 5.75. The van der Waals surface area contributed by atoms with Crippen LogP contribution in [0.1, 0.15) is 34.8 Å². The molecule has 23 heavy (non-hydrogen) atoms. The molecule has 0 bridgehead atoms. The van der Waals surface area contributed by atoms with Gasteiger partial charge in [0.2, 0.25) is 5.82 Å². The first-order valence-corrected chi connectivity index (χ1v) is 7.18. The minimum absolute atomic E-state index is 0.0864. The van der Waals surface area contributed by atoms with Gasteiger partial charge in [-0.05, 0) is 37.6 Å². The van der Waals surface area contributed by atoms with Gasteiger partial charge in [0.25, 0.3) is 11.7 Å². The molecule has 0 unspecified atom stereocenters. The van der Waals surface area contributed by atoms with Crippen molar-refractivity contribution in [3.05, 3.63) is 59.4 Å². The van der Waals surface area contributed by atoms with E-state index in [1.165, 1.54) is 21.5 Å². The molecule has 0 saturated carbocycles. The lowest BCUT2D eigenvalue weighted by Crippen LogP contribution is -2.30. The number of halogens is 1. The predicted octanol–water partition coefficient (Wildman–Crippen LogP) is 2.41. The molecule has 1 atom stereocenters. The molecule has 0 spiro atoms. The lowest BCUT2D eigenvalue weighted by molar-refractivity contribution is 0.0730. The van der Waals surface area contributed by atoms with Crippen LogP contribution < -0.4 is 0 Å². The molecular weight excluding hydrogens is 297 g/mol.